The SMILES string of the molecule is Cc1[nH]c2ccc(F)cc2c1CC(=O)N1CC[C@@H](CS(N)(=O)=O)C1. The van der Waals surface area contributed by atoms with E-state index in [-0.39, 0.29) is 29.8 Å². The number of fused-ring (bicyclic) bond motifs is 1. The fourth-order valence-electron chi connectivity index (χ4n) is 3.37. The van der Waals surface area contributed by atoms with Crippen LogP contribution in [0.2, 0.25) is 0 Å². The number of aryl methyl sites for hydroxylation is 1. The Morgan fingerprint density at radius 3 is 2.92 bits per heavy atom. The number of H-pyrrole nitrogens is 1. The number of primary sulfonamides is 1. The molecule has 3 N–H and O–H groups in total. The number of aromatic nitrogens is 1. The molecular weight excluding hydrogens is 333 g/mol. The van der Waals surface area contributed by atoms with Crippen molar-refractivity contribution in [1.82, 2.24) is 9.88 Å². The monoisotopic (exact) mass is 353 g/mol. The molecule has 8 heteroatoms. The van der Waals surface area contributed by atoms with Crippen molar-refractivity contribution in [2.45, 2.75) is 19.8 Å². The predicted molar refractivity (Wildman–Crippen MR) is 89.4 cm³/mol. The number of aromatic amines is 1. The number of sulfonamides is 1. The first-order valence-electron chi connectivity index (χ1n) is 7.78. The van der Waals surface area contributed by atoms with Gasteiger partial charge in [-0.3, -0.25) is 4.79 Å². The van der Waals surface area contributed by atoms with Gasteiger partial charge in [0.1, 0.15) is 5.82 Å². The Hall–Kier alpha value is -1.93. The molecule has 1 aromatic heterocycles. The summed E-state index contributed by atoms with van der Waals surface area (Å²) in [4.78, 5) is 17.4. The molecule has 1 fully saturated rings. The van der Waals surface area contributed by atoms with Crippen molar-refractivity contribution in [2.75, 3.05) is 18.8 Å². The van der Waals surface area contributed by atoms with Crippen molar-refractivity contribution >= 4 is 26.8 Å². The van der Waals surface area contributed by atoms with Crippen molar-refractivity contribution in [3.63, 3.8) is 0 Å². The maximum atomic E-state index is 13.5. The maximum Gasteiger partial charge on any atom is 0.227 e. The zero-order valence-electron chi connectivity index (χ0n) is 13.4. The van der Waals surface area contributed by atoms with E-state index in [1.165, 1.54) is 12.1 Å². The van der Waals surface area contributed by atoms with E-state index in [1.54, 1.807) is 11.0 Å². The average Bonchev–Trinajstić information content (AvgIpc) is 3.03. The fraction of sp³-hybridized carbons (Fsp3) is 0.438. The lowest BCUT2D eigenvalue weighted by Gasteiger charge is -2.16. The normalized spacial score (nSPS) is 18.5. The van der Waals surface area contributed by atoms with E-state index < -0.39 is 10.0 Å². The van der Waals surface area contributed by atoms with Crippen LogP contribution in [0.15, 0.2) is 18.2 Å². The summed E-state index contributed by atoms with van der Waals surface area (Å²) in [6.45, 7) is 2.77. The van der Waals surface area contributed by atoms with Gasteiger partial charge in [-0.1, -0.05) is 0 Å². The Kier molecular flexibility index (Phi) is 4.35. The Balaban J connectivity index is 1.74. The molecule has 0 aliphatic carbocycles. The van der Waals surface area contributed by atoms with E-state index >= 15 is 0 Å². The van der Waals surface area contributed by atoms with Crippen molar-refractivity contribution in [1.29, 1.82) is 0 Å². The number of carbonyl (C=O) groups excluding carboxylic acids is 1. The second kappa shape index (κ2) is 6.18. The topological polar surface area (TPSA) is 96.3 Å². The number of hydrogen-bond acceptors (Lipinski definition) is 3. The molecule has 0 unspecified atom stereocenters. The van der Waals surface area contributed by atoms with E-state index in [9.17, 15) is 17.6 Å². The molecule has 2 heterocycles. The second-order valence-electron chi connectivity index (χ2n) is 6.42. The number of hydrogen-bond donors (Lipinski definition) is 2. The Morgan fingerprint density at radius 1 is 1.46 bits per heavy atom. The standard InChI is InChI=1S/C16H20FN3O3S/c1-10-13(14-6-12(17)2-3-15(14)19-10)7-16(21)20-5-4-11(8-20)9-24(18,22)23/h2-3,6,11,19H,4-5,7-9H2,1H3,(H2,18,22,23)/t11-/m1/s1. The van der Waals surface area contributed by atoms with Gasteiger partial charge in [-0.2, -0.15) is 0 Å². The number of likely N-dealkylation sites (tertiary alicyclic amines) is 1. The number of halogens is 1. The van der Waals surface area contributed by atoms with Crippen LogP contribution in [0, 0.1) is 18.7 Å². The number of carbonyl (C=O) groups is 1. The highest BCUT2D eigenvalue weighted by molar-refractivity contribution is 7.89. The van der Waals surface area contributed by atoms with Gasteiger partial charge < -0.3 is 9.88 Å². The van der Waals surface area contributed by atoms with Gasteiger partial charge in [0.2, 0.25) is 15.9 Å². The van der Waals surface area contributed by atoms with Gasteiger partial charge in [-0.15, -0.1) is 0 Å². The molecule has 0 bridgehead atoms. The fourth-order valence-corrected chi connectivity index (χ4v) is 4.30. The van der Waals surface area contributed by atoms with E-state index in [0.717, 1.165) is 16.8 Å². The summed E-state index contributed by atoms with van der Waals surface area (Å²) >= 11 is 0. The lowest BCUT2D eigenvalue weighted by Crippen LogP contribution is -2.32. The van der Waals surface area contributed by atoms with Crippen LogP contribution in [0.1, 0.15) is 17.7 Å². The maximum absolute atomic E-state index is 13.5. The van der Waals surface area contributed by atoms with E-state index in [4.69, 9.17) is 5.14 Å². The van der Waals surface area contributed by atoms with Crippen LogP contribution in [0.25, 0.3) is 10.9 Å². The number of nitrogens with two attached hydrogens (primary N) is 1. The van der Waals surface area contributed by atoms with E-state index in [2.05, 4.69) is 4.98 Å². The summed E-state index contributed by atoms with van der Waals surface area (Å²) in [5.74, 6) is -0.649. The Labute approximate surface area is 139 Å². The largest absolute Gasteiger partial charge is 0.358 e. The quantitative estimate of drug-likeness (QED) is 0.867. The molecule has 130 valence electrons. The minimum atomic E-state index is -3.53. The highest BCUT2D eigenvalue weighted by Crippen LogP contribution is 2.25. The van der Waals surface area contributed by atoms with Crippen molar-refractivity contribution in [2.24, 2.45) is 11.1 Å². The molecular formula is C16H20FN3O3S. The first-order valence-corrected chi connectivity index (χ1v) is 9.49. The molecule has 24 heavy (non-hydrogen) atoms. The Bertz CT molecular complexity index is 891. The molecule has 1 amide bonds. The molecule has 3 rings (SSSR count). The first kappa shape index (κ1) is 16.9. The molecule has 0 spiro atoms. The number of nitrogens with one attached hydrogen (secondary N) is 1. The molecule has 0 radical (unpaired) electrons. The average molecular weight is 353 g/mol. The molecule has 1 aromatic carbocycles. The van der Waals surface area contributed by atoms with Crippen molar-refractivity contribution in [3.05, 3.63) is 35.3 Å². The molecule has 1 aliphatic heterocycles. The van der Waals surface area contributed by atoms with Crippen LogP contribution in [0.5, 0.6) is 0 Å². The highest BCUT2D eigenvalue weighted by atomic mass is 32.2. The minimum absolute atomic E-state index is 0.0832. The summed E-state index contributed by atoms with van der Waals surface area (Å²) in [6, 6.07) is 4.46. The third-order valence-electron chi connectivity index (χ3n) is 4.52. The smallest absolute Gasteiger partial charge is 0.227 e. The number of benzene rings is 1. The van der Waals surface area contributed by atoms with Gasteiger partial charge in [0.15, 0.2) is 0 Å². The van der Waals surface area contributed by atoms with Crippen LogP contribution in [0.4, 0.5) is 4.39 Å². The second-order valence-corrected chi connectivity index (χ2v) is 8.08. The van der Waals surface area contributed by atoms with E-state index in [0.29, 0.717) is 24.9 Å². The number of amides is 1. The third kappa shape index (κ3) is 3.59. The lowest BCUT2D eigenvalue weighted by molar-refractivity contribution is -0.129. The minimum Gasteiger partial charge on any atom is -0.358 e. The molecule has 1 aliphatic rings. The van der Waals surface area contributed by atoms with Gasteiger partial charge in [0, 0.05) is 29.7 Å². The lowest BCUT2D eigenvalue weighted by atomic mass is 10.1. The van der Waals surface area contributed by atoms with Crippen molar-refractivity contribution < 1.29 is 17.6 Å². The zero-order chi connectivity index (χ0) is 17.5. The van der Waals surface area contributed by atoms with E-state index in [1.807, 2.05) is 6.92 Å². The summed E-state index contributed by atoms with van der Waals surface area (Å²) in [5.41, 5.74) is 2.42. The van der Waals surface area contributed by atoms with Gasteiger partial charge in [0.25, 0.3) is 0 Å². The van der Waals surface area contributed by atoms with Crippen LogP contribution >= 0.6 is 0 Å². The molecule has 6 nitrogen and oxygen atoms in total. The number of rotatable bonds is 4. The van der Waals surface area contributed by atoms with Crippen LogP contribution in [-0.4, -0.2) is 43.1 Å². The molecule has 0 saturated carbocycles. The van der Waals surface area contributed by atoms with Crippen LogP contribution in [0.3, 0.4) is 0 Å². The summed E-state index contributed by atoms with van der Waals surface area (Å²) in [6.07, 6.45) is 0.793. The van der Waals surface area contributed by atoms with Crippen molar-refractivity contribution in [3.8, 4) is 0 Å². The number of nitrogens with zero attached hydrogens (tertiary/aromatic N) is 1. The van der Waals surface area contributed by atoms with Crippen LogP contribution in [-0.2, 0) is 21.2 Å². The summed E-state index contributed by atoms with van der Waals surface area (Å²) in [7, 11) is -3.53. The van der Waals surface area contributed by atoms with Gasteiger partial charge in [0.05, 0.1) is 12.2 Å². The van der Waals surface area contributed by atoms with Crippen LogP contribution < -0.4 is 5.14 Å². The molecule has 1 saturated heterocycles. The third-order valence-corrected chi connectivity index (χ3v) is 5.45. The molecule has 2 aromatic rings. The summed E-state index contributed by atoms with van der Waals surface area (Å²) in [5, 5.41) is 5.78. The first-order chi connectivity index (χ1) is 11.2. The Morgan fingerprint density at radius 2 is 2.21 bits per heavy atom. The molecule has 1 atom stereocenters. The van der Waals surface area contributed by atoms with Gasteiger partial charge in [-0.25, -0.2) is 17.9 Å². The highest BCUT2D eigenvalue weighted by Gasteiger charge is 2.29. The summed E-state index contributed by atoms with van der Waals surface area (Å²) < 4.78 is 35.9. The predicted octanol–water partition coefficient (Wildman–Crippen LogP) is 1.29. The van der Waals surface area contributed by atoms with Gasteiger partial charge >= 0.3 is 0 Å². The van der Waals surface area contributed by atoms with Gasteiger partial charge in [-0.05, 0) is 43.0 Å². The zero-order valence-corrected chi connectivity index (χ0v) is 14.2.